The van der Waals surface area contributed by atoms with Crippen molar-refractivity contribution in [1.29, 1.82) is 0 Å². The minimum absolute atomic E-state index is 0.0681. The fraction of sp³-hybridized carbons (Fsp3) is 0.346. The van der Waals surface area contributed by atoms with E-state index >= 15 is 4.39 Å². The normalized spacial score (nSPS) is 21.2. The molecular weight excluding hydrogens is 492 g/mol. The van der Waals surface area contributed by atoms with E-state index in [1.54, 1.807) is 18.2 Å². The Morgan fingerprint density at radius 3 is 2.81 bits per heavy atom. The molecule has 0 radical (unpaired) electrons. The van der Waals surface area contributed by atoms with Crippen molar-refractivity contribution < 1.29 is 32.2 Å². The van der Waals surface area contributed by atoms with Gasteiger partial charge in [-0.1, -0.05) is 18.2 Å². The van der Waals surface area contributed by atoms with E-state index in [4.69, 9.17) is 4.74 Å². The molecule has 1 aromatic heterocycles. The third-order valence-electron chi connectivity index (χ3n) is 6.88. The van der Waals surface area contributed by atoms with E-state index in [0.717, 1.165) is 34.1 Å². The second-order valence-electron chi connectivity index (χ2n) is 9.31. The molecule has 2 N–H and O–H groups in total. The Bertz CT molecular complexity index is 1350. The van der Waals surface area contributed by atoms with Crippen LogP contribution in [0.4, 0.5) is 28.9 Å². The van der Waals surface area contributed by atoms with Gasteiger partial charge in [0, 0.05) is 24.3 Å². The summed E-state index contributed by atoms with van der Waals surface area (Å²) in [5.74, 6) is -0.750. The summed E-state index contributed by atoms with van der Waals surface area (Å²) in [6.07, 6.45) is -3.68. The lowest BCUT2D eigenvalue weighted by atomic mass is 9.82. The van der Waals surface area contributed by atoms with Crippen LogP contribution in [0, 0.1) is 6.92 Å². The number of hydrogen-bond donors (Lipinski definition) is 2. The smallest absolute Gasteiger partial charge is 0.393 e. The van der Waals surface area contributed by atoms with Crippen LogP contribution in [-0.2, 0) is 17.3 Å². The van der Waals surface area contributed by atoms with Crippen LogP contribution in [0.3, 0.4) is 0 Å². The maximum Gasteiger partial charge on any atom is 0.435 e. The minimum atomic E-state index is -4.72. The standard InChI is InChI=1S/C26H24F4N4O3/c1-15-2-5-19(32-24(36)18-9-22(26(28,29)30)33-31-12-18)10-20(15)16-3-4-17-11-25(27,14-35)23-13-37-7-6-34(23)21(17)8-16/h2-5,8-10,12,23,35H,6-7,11,13-14H2,1H3,(H,32,36)/t23-,25+/m0/s1. The van der Waals surface area contributed by atoms with E-state index in [1.165, 1.54) is 0 Å². The molecule has 2 aliphatic heterocycles. The Hall–Kier alpha value is -3.57. The second-order valence-corrected chi connectivity index (χ2v) is 9.31. The third kappa shape index (κ3) is 4.76. The zero-order valence-corrected chi connectivity index (χ0v) is 19.8. The summed E-state index contributed by atoms with van der Waals surface area (Å²) in [7, 11) is 0. The monoisotopic (exact) mass is 516 g/mol. The molecule has 5 rings (SSSR count). The molecule has 1 fully saturated rings. The number of fused-ring (bicyclic) bond motifs is 3. The number of aryl methyl sites for hydroxylation is 1. The van der Waals surface area contributed by atoms with Gasteiger partial charge >= 0.3 is 6.18 Å². The average molecular weight is 516 g/mol. The van der Waals surface area contributed by atoms with Crippen LogP contribution >= 0.6 is 0 Å². The number of amides is 1. The molecule has 11 heteroatoms. The van der Waals surface area contributed by atoms with Gasteiger partial charge in [0.2, 0.25) is 0 Å². The number of morpholine rings is 1. The molecule has 3 aromatic rings. The van der Waals surface area contributed by atoms with E-state index in [0.29, 0.717) is 24.9 Å². The fourth-order valence-corrected chi connectivity index (χ4v) is 4.91. The van der Waals surface area contributed by atoms with E-state index in [9.17, 15) is 23.1 Å². The van der Waals surface area contributed by atoms with Gasteiger partial charge in [-0.2, -0.15) is 18.3 Å². The van der Waals surface area contributed by atoms with Crippen LogP contribution in [0.25, 0.3) is 11.1 Å². The molecule has 0 bridgehead atoms. The predicted octanol–water partition coefficient (Wildman–Crippen LogP) is 4.19. The zero-order chi connectivity index (χ0) is 26.4. The summed E-state index contributed by atoms with van der Waals surface area (Å²) in [4.78, 5) is 14.6. The summed E-state index contributed by atoms with van der Waals surface area (Å²) in [6.45, 7) is 2.42. The maximum absolute atomic E-state index is 15.5. The Morgan fingerprint density at radius 1 is 1.24 bits per heavy atom. The number of rotatable bonds is 4. The van der Waals surface area contributed by atoms with Gasteiger partial charge in [0.25, 0.3) is 5.91 Å². The number of hydrogen-bond acceptors (Lipinski definition) is 6. The first-order valence-electron chi connectivity index (χ1n) is 11.7. The number of halogens is 4. The van der Waals surface area contributed by atoms with Crippen LogP contribution < -0.4 is 10.2 Å². The van der Waals surface area contributed by atoms with Crippen LogP contribution in [0.15, 0.2) is 48.7 Å². The molecule has 2 aromatic carbocycles. The van der Waals surface area contributed by atoms with Crippen molar-refractivity contribution in [3.63, 3.8) is 0 Å². The zero-order valence-electron chi connectivity index (χ0n) is 19.8. The molecule has 0 aliphatic carbocycles. The first-order valence-corrected chi connectivity index (χ1v) is 11.7. The quantitative estimate of drug-likeness (QED) is 0.506. The lowest BCUT2D eigenvalue weighted by Gasteiger charge is -2.48. The van der Waals surface area contributed by atoms with Gasteiger partial charge in [-0.15, -0.1) is 5.10 Å². The Morgan fingerprint density at radius 2 is 2.05 bits per heavy atom. The van der Waals surface area contributed by atoms with Crippen molar-refractivity contribution in [3.05, 3.63) is 71.0 Å². The molecule has 194 valence electrons. The molecule has 3 heterocycles. The van der Waals surface area contributed by atoms with E-state index in [-0.39, 0.29) is 18.6 Å². The van der Waals surface area contributed by atoms with Crippen LogP contribution in [0.5, 0.6) is 0 Å². The summed E-state index contributed by atoms with van der Waals surface area (Å²) in [5, 5.41) is 18.7. The number of carbonyl (C=O) groups excluding carboxylic acids is 1. The number of aromatic nitrogens is 2. The van der Waals surface area contributed by atoms with Crippen molar-refractivity contribution in [2.45, 2.75) is 31.2 Å². The largest absolute Gasteiger partial charge is 0.435 e. The van der Waals surface area contributed by atoms with Crippen LogP contribution in [0.1, 0.15) is 27.2 Å². The van der Waals surface area contributed by atoms with Crippen molar-refractivity contribution in [3.8, 4) is 11.1 Å². The highest BCUT2D eigenvalue weighted by molar-refractivity contribution is 6.04. The molecule has 37 heavy (non-hydrogen) atoms. The van der Waals surface area contributed by atoms with Gasteiger partial charge in [-0.3, -0.25) is 4.79 Å². The van der Waals surface area contributed by atoms with E-state index in [1.807, 2.05) is 30.0 Å². The Balaban J connectivity index is 1.45. The molecule has 7 nitrogen and oxygen atoms in total. The highest BCUT2D eigenvalue weighted by Crippen LogP contribution is 2.42. The van der Waals surface area contributed by atoms with Crippen LogP contribution in [0.2, 0.25) is 0 Å². The minimum Gasteiger partial charge on any atom is -0.393 e. The first kappa shape index (κ1) is 25.1. The Labute approximate surface area is 210 Å². The Kier molecular flexibility index (Phi) is 6.36. The number of aliphatic hydroxyl groups excluding tert-OH is 1. The number of benzene rings is 2. The molecule has 1 saturated heterocycles. The van der Waals surface area contributed by atoms with Crippen molar-refractivity contribution in [2.75, 3.05) is 36.6 Å². The summed E-state index contributed by atoms with van der Waals surface area (Å²) < 4.78 is 59.9. The number of anilines is 2. The fourth-order valence-electron chi connectivity index (χ4n) is 4.91. The number of aliphatic hydroxyl groups is 1. The third-order valence-corrected chi connectivity index (χ3v) is 6.88. The topological polar surface area (TPSA) is 87.6 Å². The van der Waals surface area contributed by atoms with E-state index in [2.05, 4.69) is 15.5 Å². The highest BCUT2D eigenvalue weighted by atomic mass is 19.4. The SMILES string of the molecule is Cc1ccc(NC(=O)c2cnnc(C(F)(F)F)c2)cc1-c1ccc2c(c1)N1CCOC[C@H]1[C@](F)(CO)C2. The number of nitrogens with zero attached hydrogens (tertiary/aromatic N) is 3. The van der Waals surface area contributed by atoms with Gasteiger partial charge in [-0.05, 0) is 53.4 Å². The molecule has 0 unspecified atom stereocenters. The van der Waals surface area contributed by atoms with Gasteiger partial charge in [0.05, 0.1) is 37.6 Å². The first-order chi connectivity index (χ1) is 17.6. The molecule has 2 atom stereocenters. The summed E-state index contributed by atoms with van der Waals surface area (Å²) >= 11 is 0. The van der Waals surface area contributed by atoms with Gasteiger partial charge in [0.1, 0.15) is 0 Å². The second kappa shape index (κ2) is 9.38. The van der Waals surface area contributed by atoms with Crippen molar-refractivity contribution in [1.82, 2.24) is 10.2 Å². The molecule has 0 spiro atoms. The van der Waals surface area contributed by atoms with Crippen LogP contribution in [-0.4, -0.2) is 59.3 Å². The highest BCUT2D eigenvalue weighted by Gasteiger charge is 2.48. The lowest BCUT2D eigenvalue weighted by Crippen LogP contribution is -2.62. The number of carbonyl (C=O) groups is 1. The van der Waals surface area contributed by atoms with Crippen molar-refractivity contribution >= 4 is 17.3 Å². The van der Waals surface area contributed by atoms with Gasteiger partial charge in [-0.25, -0.2) is 4.39 Å². The molecule has 2 aliphatic rings. The number of alkyl halides is 4. The van der Waals surface area contributed by atoms with E-state index < -0.39 is 36.1 Å². The summed E-state index contributed by atoms with van der Waals surface area (Å²) in [5.41, 5.74) is 1.26. The molecular formula is C26H24F4N4O3. The average Bonchev–Trinajstić information content (AvgIpc) is 2.89. The predicted molar refractivity (Wildman–Crippen MR) is 128 cm³/mol. The maximum atomic E-state index is 15.5. The van der Waals surface area contributed by atoms with Gasteiger partial charge < -0.3 is 20.1 Å². The summed E-state index contributed by atoms with van der Waals surface area (Å²) in [6, 6.07) is 10.9. The lowest BCUT2D eigenvalue weighted by molar-refractivity contribution is -0.141. The number of nitrogens with one attached hydrogen (secondary N) is 1. The van der Waals surface area contributed by atoms with Crippen molar-refractivity contribution in [2.24, 2.45) is 0 Å². The number of ether oxygens (including phenoxy) is 1. The molecule has 1 amide bonds. The van der Waals surface area contributed by atoms with Gasteiger partial charge in [0.15, 0.2) is 11.4 Å². The molecule has 0 saturated carbocycles.